The number of fused-ring (bicyclic) bond motifs is 1. The maximum atomic E-state index is 13.0. The van der Waals surface area contributed by atoms with Crippen LogP contribution in [0.2, 0.25) is 5.02 Å². The second-order valence-corrected chi connectivity index (χ2v) is 8.48. The molecule has 1 saturated heterocycles. The summed E-state index contributed by atoms with van der Waals surface area (Å²) >= 11 is 6.11. The summed E-state index contributed by atoms with van der Waals surface area (Å²) in [7, 11) is 0. The third-order valence-corrected chi connectivity index (χ3v) is 6.00. The van der Waals surface area contributed by atoms with Crippen molar-refractivity contribution in [2.45, 2.75) is 25.8 Å². The lowest BCUT2D eigenvalue weighted by Gasteiger charge is -2.36. The Kier molecular flexibility index (Phi) is 4.95. The number of amides is 1. The molecule has 1 amide bonds. The molecule has 2 aliphatic rings. The highest BCUT2D eigenvalue weighted by Gasteiger charge is 2.28. The van der Waals surface area contributed by atoms with Crippen molar-refractivity contribution in [2.24, 2.45) is 0 Å². The van der Waals surface area contributed by atoms with Gasteiger partial charge in [-0.1, -0.05) is 29.8 Å². The first kappa shape index (κ1) is 19.1. The number of nitrogens with zero attached hydrogens (tertiary/aromatic N) is 4. The molecule has 1 aromatic heterocycles. The third kappa shape index (κ3) is 3.79. The van der Waals surface area contributed by atoms with Gasteiger partial charge < -0.3 is 15.1 Å². The summed E-state index contributed by atoms with van der Waals surface area (Å²) in [5, 5.41) is 4.12. The molecule has 0 unspecified atom stereocenters. The van der Waals surface area contributed by atoms with Crippen molar-refractivity contribution in [1.29, 1.82) is 0 Å². The summed E-state index contributed by atoms with van der Waals surface area (Å²) in [6.07, 6.45) is 2.35. The van der Waals surface area contributed by atoms with Crippen LogP contribution in [-0.4, -0.2) is 53.0 Å². The van der Waals surface area contributed by atoms with Gasteiger partial charge in [-0.25, -0.2) is 9.97 Å². The van der Waals surface area contributed by atoms with E-state index in [-0.39, 0.29) is 5.91 Å². The number of halogens is 1. The van der Waals surface area contributed by atoms with Crippen molar-refractivity contribution in [3.63, 3.8) is 0 Å². The van der Waals surface area contributed by atoms with Crippen LogP contribution in [0.5, 0.6) is 0 Å². The maximum Gasteiger partial charge on any atom is 0.254 e. The number of aromatic nitrogens is 2. The molecule has 1 saturated carbocycles. The Morgan fingerprint density at radius 2 is 1.73 bits per heavy atom. The highest BCUT2D eigenvalue weighted by atomic mass is 35.5. The number of rotatable bonds is 4. The lowest BCUT2D eigenvalue weighted by atomic mass is 10.1. The minimum Gasteiger partial charge on any atom is -0.364 e. The van der Waals surface area contributed by atoms with E-state index in [1.165, 1.54) is 12.8 Å². The van der Waals surface area contributed by atoms with Crippen LogP contribution in [0, 0.1) is 6.92 Å². The number of para-hydroxylation sites is 2. The van der Waals surface area contributed by atoms with Gasteiger partial charge in [-0.3, -0.25) is 4.79 Å². The van der Waals surface area contributed by atoms with Crippen molar-refractivity contribution in [3.05, 3.63) is 58.6 Å². The van der Waals surface area contributed by atoms with E-state index in [4.69, 9.17) is 21.6 Å². The monoisotopic (exact) mass is 421 g/mol. The van der Waals surface area contributed by atoms with Crippen LogP contribution in [0.3, 0.4) is 0 Å². The number of carbonyl (C=O) groups is 1. The molecule has 0 spiro atoms. The molecule has 1 aliphatic heterocycles. The summed E-state index contributed by atoms with van der Waals surface area (Å²) in [6.45, 7) is 4.67. The average Bonchev–Trinajstić information content (AvgIpc) is 3.59. The van der Waals surface area contributed by atoms with E-state index in [0.29, 0.717) is 29.7 Å². The van der Waals surface area contributed by atoms with E-state index in [1.54, 1.807) is 6.07 Å². The quantitative estimate of drug-likeness (QED) is 0.686. The van der Waals surface area contributed by atoms with Gasteiger partial charge in [0.25, 0.3) is 5.91 Å². The molecule has 5 rings (SSSR count). The molecule has 154 valence electrons. The number of hydrogen-bond acceptors (Lipinski definition) is 5. The van der Waals surface area contributed by atoms with Crippen molar-refractivity contribution >= 4 is 40.2 Å². The predicted octanol–water partition coefficient (Wildman–Crippen LogP) is 4.13. The van der Waals surface area contributed by atoms with Crippen LogP contribution in [-0.2, 0) is 0 Å². The highest BCUT2D eigenvalue weighted by Crippen LogP contribution is 2.31. The summed E-state index contributed by atoms with van der Waals surface area (Å²) in [4.78, 5) is 26.9. The standard InChI is InChI=1S/C23H24ClN5O/c1-15-6-7-16(24)14-18(15)23(30)29-12-10-28(11-13-29)22-21(25-17-8-9-17)26-19-4-2-3-5-20(19)27-22/h2-7,14,17H,8-13H2,1H3,(H,25,26). The minimum absolute atomic E-state index is 0.0376. The van der Waals surface area contributed by atoms with Crippen LogP contribution in [0.25, 0.3) is 11.0 Å². The zero-order valence-corrected chi connectivity index (χ0v) is 17.7. The molecule has 1 N–H and O–H groups in total. The topological polar surface area (TPSA) is 61.4 Å². The van der Waals surface area contributed by atoms with Crippen molar-refractivity contribution < 1.29 is 4.79 Å². The molecule has 0 radical (unpaired) electrons. The molecule has 7 heteroatoms. The summed E-state index contributed by atoms with van der Waals surface area (Å²) in [5.41, 5.74) is 3.41. The van der Waals surface area contributed by atoms with Gasteiger partial charge in [-0.05, 0) is 49.6 Å². The Bertz CT molecular complexity index is 1110. The molecule has 6 nitrogen and oxygen atoms in total. The van der Waals surface area contributed by atoms with Crippen LogP contribution in [0.15, 0.2) is 42.5 Å². The number of benzene rings is 2. The van der Waals surface area contributed by atoms with Gasteiger partial charge in [-0.2, -0.15) is 0 Å². The Labute approximate surface area is 180 Å². The number of nitrogens with one attached hydrogen (secondary N) is 1. The number of piperazine rings is 1. The molecule has 30 heavy (non-hydrogen) atoms. The van der Waals surface area contributed by atoms with E-state index in [2.05, 4.69) is 10.2 Å². The number of hydrogen-bond donors (Lipinski definition) is 1. The van der Waals surface area contributed by atoms with Crippen LogP contribution < -0.4 is 10.2 Å². The largest absolute Gasteiger partial charge is 0.364 e. The Hall–Kier alpha value is -2.86. The van der Waals surface area contributed by atoms with Gasteiger partial charge >= 0.3 is 0 Å². The predicted molar refractivity (Wildman–Crippen MR) is 120 cm³/mol. The fourth-order valence-corrected chi connectivity index (χ4v) is 4.02. The van der Waals surface area contributed by atoms with E-state index in [9.17, 15) is 4.79 Å². The molecule has 3 aromatic rings. The zero-order valence-electron chi connectivity index (χ0n) is 16.9. The first-order chi connectivity index (χ1) is 14.6. The van der Waals surface area contributed by atoms with E-state index >= 15 is 0 Å². The molecular formula is C23H24ClN5O. The SMILES string of the molecule is Cc1ccc(Cl)cc1C(=O)N1CCN(c2nc3ccccc3nc2NC2CC2)CC1. The first-order valence-corrected chi connectivity index (χ1v) is 10.8. The number of aryl methyl sites for hydroxylation is 1. The lowest BCUT2D eigenvalue weighted by Crippen LogP contribution is -2.49. The molecule has 1 aliphatic carbocycles. The Morgan fingerprint density at radius 3 is 2.43 bits per heavy atom. The summed E-state index contributed by atoms with van der Waals surface area (Å²) in [6, 6.07) is 13.9. The lowest BCUT2D eigenvalue weighted by molar-refractivity contribution is 0.0746. The third-order valence-electron chi connectivity index (χ3n) is 5.77. The molecular weight excluding hydrogens is 398 g/mol. The minimum atomic E-state index is 0.0376. The fourth-order valence-electron chi connectivity index (χ4n) is 3.85. The zero-order chi connectivity index (χ0) is 20.7. The van der Waals surface area contributed by atoms with Gasteiger partial charge in [0, 0.05) is 42.8 Å². The van der Waals surface area contributed by atoms with Crippen LogP contribution in [0.1, 0.15) is 28.8 Å². The molecule has 0 atom stereocenters. The second kappa shape index (κ2) is 7.76. The molecule has 2 aromatic carbocycles. The molecule has 2 fully saturated rings. The molecule has 0 bridgehead atoms. The van der Waals surface area contributed by atoms with Gasteiger partial charge in [0.15, 0.2) is 11.6 Å². The van der Waals surface area contributed by atoms with Crippen LogP contribution >= 0.6 is 11.6 Å². The number of carbonyl (C=O) groups excluding carboxylic acids is 1. The average molecular weight is 422 g/mol. The van der Waals surface area contributed by atoms with Crippen molar-refractivity contribution in [3.8, 4) is 0 Å². The van der Waals surface area contributed by atoms with Gasteiger partial charge in [0.05, 0.1) is 11.0 Å². The smallest absolute Gasteiger partial charge is 0.254 e. The van der Waals surface area contributed by atoms with E-state index in [0.717, 1.165) is 41.3 Å². The van der Waals surface area contributed by atoms with Crippen molar-refractivity contribution in [2.75, 3.05) is 36.4 Å². The van der Waals surface area contributed by atoms with E-state index < -0.39 is 0 Å². The van der Waals surface area contributed by atoms with Crippen LogP contribution in [0.4, 0.5) is 11.6 Å². The maximum absolute atomic E-state index is 13.0. The Balaban J connectivity index is 1.36. The summed E-state index contributed by atoms with van der Waals surface area (Å²) < 4.78 is 0. The summed E-state index contributed by atoms with van der Waals surface area (Å²) in [5.74, 6) is 1.77. The normalized spacial score (nSPS) is 16.7. The first-order valence-electron chi connectivity index (χ1n) is 10.4. The van der Waals surface area contributed by atoms with Crippen molar-refractivity contribution in [1.82, 2.24) is 14.9 Å². The Morgan fingerprint density at radius 1 is 1.03 bits per heavy atom. The van der Waals surface area contributed by atoms with Gasteiger partial charge in [0.1, 0.15) is 0 Å². The van der Waals surface area contributed by atoms with E-state index in [1.807, 2.05) is 48.2 Å². The second-order valence-electron chi connectivity index (χ2n) is 8.04. The number of anilines is 2. The van der Waals surface area contributed by atoms with Gasteiger partial charge in [0.2, 0.25) is 0 Å². The molecule has 2 heterocycles. The fraction of sp³-hybridized carbons (Fsp3) is 0.348. The highest BCUT2D eigenvalue weighted by molar-refractivity contribution is 6.31. The van der Waals surface area contributed by atoms with Gasteiger partial charge in [-0.15, -0.1) is 0 Å².